The summed E-state index contributed by atoms with van der Waals surface area (Å²) in [7, 11) is 0. The Hall–Kier alpha value is -1.64. The number of anilines is 3. The van der Waals surface area contributed by atoms with E-state index in [9.17, 15) is 0 Å². The molecule has 0 bridgehead atoms. The van der Waals surface area contributed by atoms with Gasteiger partial charge in [0.25, 0.3) is 0 Å². The molecule has 5 nitrogen and oxygen atoms in total. The summed E-state index contributed by atoms with van der Waals surface area (Å²) in [6, 6.07) is 13.4. The fourth-order valence-corrected chi connectivity index (χ4v) is 2.96. The van der Waals surface area contributed by atoms with E-state index in [-0.39, 0.29) is 0 Å². The Balaban J connectivity index is 2.10. The monoisotopic (exact) mass is 411 g/mol. The van der Waals surface area contributed by atoms with Crippen molar-refractivity contribution in [3.63, 3.8) is 0 Å². The van der Waals surface area contributed by atoms with Crippen molar-refractivity contribution in [2.45, 2.75) is 0 Å². The van der Waals surface area contributed by atoms with Gasteiger partial charge in [-0.2, -0.15) is 4.98 Å². The molecule has 0 radical (unpaired) electrons. The fourth-order valence-electron chi connectivity index (χ4n) is 1.95. The van der Waals surface area contributed by atoms with Gasteiger partial charge in [-0.25, -0.2) is 10.8 Å². The second-order valence-electron chi connectivity index (χ2n) is 4.31. The number of nitrogens with zero attached hydrogens (tertiary/aromatic N) is 2. The Morgan fingerprint density at radius 2 is 1.90 bits per heavy atom. The zero-order valence-corrected chi connectivity index (χ0v) is 13.7. The Labute approximate surface area is 140 Å². The maximum atomic E-state index is 5.98. The van der Waals surface area contributed by atoms with Gasteiger partial charge in [0, 0.05) is 14.0 Å². The molecule has 7 heteroatoms. The maximum absolute atomic E-state index is 5.98. The number of hydrazine groups is 1. The van der Waals surface area contributed by atoms with E-state index in [1.807, 2.05) is 42.5 Å². The van der Waals surface area contributed by atoms with Crippen LogP contribution in [0.2, 0.25) is 5.02 Å². The number of hydrogen-bond acceptors (Lipinski definition) is 5. The summed E-state index contributed by atoms with van der Waals surface area (Å²) in [6.45, 7) is 0. The van der Waals surface area contributed by atoms with Gasteiger partial charge < -0.3 is 5.32 Å². The average molecular weight is 412 g/mol. The highest BCUT2D eigenvalue weighted by atomic mass is 127. The first-order chi connectivity index (χ1) is 10.2. The highest BCUT2D eigenvalue weighted by molar-refractivity contribution is 14.1. The zero-order chi connectivity index (χ0) is 14.8. The minimum Gasteiger partial charge on any atom is -0.339 e. The molecule has 0 aliphatic carbocycles. The lowest BCUT2D eigenvalue weighted by atomic mass is 10.2. The smallest absolute Gasteiger partial charge is 0.239 e. The second kappa shape index (κ2) is 6.00. The van der Waals surface area contributed by atoms with Gasteiger partial charge in [0.1, 0.15) is 5.82 Å². The van der Waals surface area contributed by atoms with E-state index < -0.39 is 0 Å². The molecule has 3 rings (SSSR count). The van der Waals surface area contributed by atoms with Crippen LogP contribution in [0.25, 0.3) is 10.9 Å². The summed E-state index contributed by atoms with van der Waals surface area (Å²) in [4.78, 5) is 8.71. The van der Waals surface area contributed by atoms with Gasteiger partial charge >= 0.3 is 0 Å². The molecule has 0 aliphatic heterocycles. The third kappa shape index (κ3) is 3.02. The van der Waals surface area contributed by atoms with Crippen LogP contribution >= 0.6 is 34.2 Å². The topological polar surface area (TPSA) is 75.9 Å². The molecule has 106 valence electrons. The van der Waals surface area contributed by atoms with Gasteiger partial charge in [0.2, 0.25) is 5.95 Å². The van der Waals surface area contributed by atoms with Crippen LogP contribution in [-0.2, 0) is 0 Å². The summed E-state index contributed by atoms with van der Waals surface area (Å²) < 4.78 is 1.00. The number of para-hydroxylation sites is 1. The summed E-state index contributed by atoms with van der Waals surface area (Å²) >= 11 is 8.20. The lowest BCUT2D eigenvalue weighted by molar-refractivity contribution is 1.15. The first-order valence-electron chi connectivity index (χ1n) is 6.13. The molecule has 0 unspecified atom stereocenters. The summed E-state index contributed by atoms with van der Waals surface area (Å²) in [5, 5.41) is 4.92. The number of nitrogen functional groups attached to an aromatic ring is 1. The molecule has 4 N–H and O–H groups in total. The van der Waals surface area contributed by atoms with Crippen LogP contribution in [-0.4, -0.2) is 9.97 Å². The summed E-state index contributed by atoms with van der Waals surface area (Å²) in [6.07, 6.45) is 0. The maximum Gasteiger partial charge on any atom is 0.239 e. The number of benzene rings is 2. The number of nitrogens with two attached hydrogens (primary N) is 1. The van der Waals surface area contributed by atoms with E-state index in [2.05, 4.69) is 43.3 Å². The van der Waals surface area contributed by atoms with Gasteiger partial charge in [0.15, 0.2) is 0 Å². The number of hydrogen-bond donors (Lipinski definition) is 3. The van der Waals surface area contributed by atoms with Crippen LogP contribution in [0.4, 0.5) is 17.5 Å². The Bertz CT molecular complexity index is 808. The standard InChI is InChI=1S/C14H11ClIN5/c15-8-5-6-12(10(16)7-8)18-13-9-3-1-2-4-11(9)19-14(20-13)21-17/h1-7H,17H2,(H2,18,19,20,21). The molecule has 1 heterocycles. The first kappa shape index (κ1) is 14.3. The largest absolute Gasteiger partial charge is 0.339 e. The van der Waals surface area contributed by atoms with Crippen LogP contribution in [0.1, 0.15) is 0 Å². The third-order valence-electron chi connectivity index (χ3n) is 2.92. The molecule has 0 aliphatic rings. The number of fused-ring (bicyclic) bond motifs is 1. The van der Waals surface area contributed by atoms with Crippen LogP contribution in [0, 0.1) is 3.57 Å². The Morgan fingerprint density at radius 3 is 2.67 bits per heavy atom. The van der Waals surface area contributed by atoms with Crippen molar-refractivity contribution in [2.75, 3.05) is 10.7 Å². The van der Waals surface area contributed by atoms with Crippen LogP contribution < -0.4 is 16.6 Å². The summed E-state index contributed by atoms with van der Waals surface area (Å²) in [5.41, 5.74) is 4.22. The van der Waals surface area contributed by atoms with E-state index in [0.717, 1.165) is 20.2 Å². The van der Waals surface area contributed by atoms with Crippen LogP contribution in [0.15, 0.2) is 42.5 Å². The van der Waals surface area contributed by atoms with Crippen molar-refractivity contribution >= 4 is 62.5 Å². The van der Waals surface area contributed by atoms with E-state index in [1.54, 1.807) is 0 Å². The van der Waals surface area contributed by atoms with Gasteiger partial charge in [-0.1, -0.05) is 23.7 Å². The van der Waals surface area contributed by atoms with Crippen molar-refractivity contribution in [3.05, 3.63) is 51.1 Å². The van der Waals surface area contributed by atoms with Crippen molar-refractivity contribution in [3.8, 4) is 0 Å². The lowest BCUT2D eigenvalue weighted by Crippen LogP contribution is -2.11. The SMILES string of the molecule is NNc1nc(Nc2ccc(Cl)cc2I)c2ccccc2n1. The summed E-state index contributed by atoms with van der Waals surface area (Å²) in [5.74, 6) is 6.48. The van der Waals surface area contributed by atoms with Gasteiger partial charge in [-0.05, 0) is 52.9 Å². The lowest BCUT2D eigenvalue weighted by Gasteiger charge is -2.12. The normalized spacial score (nSPS) is 10.6. The average Bonchev–Trinajstić information content (AvgIpc) is 2.49. The Kier molecular flexibility index (Phi) is 4.09. The minimum absolute atomic E-state index is 0.361. The predicted molar refractivity (Wildman–Crippen MR) is 94.8 cm³/mol. The third-order valence-corrected chi connectivity index (χ3v) is 4.04. The van der Waals surface area contributed by atoms with Crippen LogP contribution in [0.5, 0.6) is 0 Å². The first-order valence-corrected chi connectivity index (χ1v) is 7.58. The van der Waals surface area contributed by atoms with Gasteiger partial charge in [0.05, 0.1) is 11.2 Å². The van der Waals surface area contributed by atoms with E-state index in [4.69, 9.17) is 17.4 Å². The van der Waals surface area contributed by atoms with E-state index in [1.165, 1.54) is 0 Å². The minimum atomic E-state index is 0.361. The molecule has 2 aromatic carbocycles. The fraction of sp³-hybridized carbons (Fsp3) is 0. The van der Waals surface area contributed by atoms with Crippen molar-refractivity contribution in [2.24, 2.45) is 5.84 Å². The molecule has 0 amide bonds. The number of aromatic nitrogens is 2. The highest BCUT2D eigenvalue weighted by Gasteiger charge is 2.09. The van der Waals surface area contributed by atoms with Crippen LogP contribution in [0.3, 0.4) is 0 Å². The molecule has 0 fully saturated rings. The molecule has 0 atom stereocenters. The molecule has 0 spiro atoms. The molecule has 0 saturated heterocycles. The quantitative estimate of drug-likeness (QED) is 0.346. The van der Waals surface area contributed by atoms with Crippen molar-refractivity contribution < 1.29 is 0 Å². The molecule has 21 heavy (non-hydrogen) atoms. The predicted octanol–water partition coefficient (Wildman–Crippen LogP) is 3.92. The second-order valence-corrected chi connectivity index (χ2v) is 5.91. The molecule has 0 saturated carbocycles. The number of nitrogens with one attached hydrogen (secondary N) is 2. The van der Waals surface area contributed by atoms with Crippen molar-refractivity contribution in [1.82, 2.24) is 9.97 Å². The molecule has 3 aromatic rings. The van der Waals surface area contributed by atoms with Gasteiger partial charge in [-0.3, -0.25) is 5.43 Å². The van der Waals surface area contributed by atoms with Crippen molar-refractivity contribution in [1.29, 1.82) is 0 Å². The zero-order valence-electron chi connectivity index (χ0n) is 10.8. The molecular formula is C14H11ClIN5. The van der Waals surface area contributed by atoms with Gasteiger partial charge in [-0.15, -0.1) is 0 Å². The number of rotatable bonds is 3. The Morgan fingerprint density at radius 1 is 1.10 bits per heavy atom. The molecular weight excluding hydrogens is 401 g/mol. The molecule has 1 aromatic heterocycles. The number of halogens is 2. The van der Waals surface area contributed by atoms with E-state index >= 15 is 0 Å². The van der Waals surface area contributed by atoms with E-state index in [0.29, 0.717) is 16.8 Å². The highest BCUT2D eigenvalue weighted by Crippen LogP contribution is 2.28.